The van der Waals surface area contributed by atoms with Gasteiger partial charge >= 0.3 is 0 Å². The van der Waals surface area contributed by atoms with E-state index in [-0.39, 0.29) is 29.5 Å². The van der Waals surface area contributed by atoms with Gasteiger partial charge in [-0.15, -0.1) is 11.8 Å². The zero-order valence-electron chi connectivity index (χ0n) is 28.0. The number of benzene rings is 2. The molecule has 2 amide bonds. The van der Waals surface area contributed by atoms with Crippen molar-refractivity contribution in [2.45, 2.75) is 55.9 Å². The largest absolute Gasteiger partial charge is 0.352 e. The molecule has 0 unspecified atom stereocenters. The fraction of sp³-hybridized carbons (Fsp3) is 0.289. The smallest absolute Gasteiger partial charge is 0.262 e. The lowest BCUT2D eigenvalue weighted by molar-refractivity contribution is -0.120. The van der Waals surface area contributed by atoms with Crippen molar-refractivity contribution in [3.05, 3.63) is 105 Å². The maximum absolute atomic E-state index is 13.3. The van der Waals surface area contributed by atoms with Gasteiger partial charge in [-0.1, -0.05) is 65.7 Å². The molecule has 10 nitrogen and oxygen atoms in total. The first-order valence-electron chi connectivity index (χ1n) is 16.9. The summed E-state index contributed by atoms with van der Waals surface area (Å²) in [4.78, 5) is 45.8. The summed E-state index contributed by atoms with van der Waals surface area (Å²) < 4.78 is 1.53. The van der Waals surface area contributed by atoms with Crippen molar-refractivity contribution in [2.75, 3.05) is 19.3 Å². The Hall–Kier alpha value is -4.26. The lowest BCUT2D eigenvalue weighted by atomic mass is 9.97. The highest BCUT2D eigenvalue weighted by Gasteiger charge is 2.22. The van der Waals surface area contributed by atoms with Crippen LogP contribution in [0.2, 0.25) is 10.0 Å². The second kappa shape index (κ2) is 15.5. The Morgan fingerprint density at radius 1 is 0.804 bits per heavy atom. The number of pyridine rings is 2. The normalized spacial score (nSPS) is 17.2. The van der Waals surface area contributed by atoms with Crippen LogP contribution in [0.3, 0.4) is 0 Å². The number of halogens is 2. The summed E-state index contributed by atoms with van der Waals surface area (Å²) >= 11 is 15.8. The molecule has 2 aliphatic rings. The summed E-state index contributed by atoms with van der Waals surface area (Å²) in [6.45, 7) is 2.31. The molecule has 2 aromatic carbocycles. The maximum Gasteiger partial charge on any atom is 0.262 e. The SMILES string of the molecule is CSc1nc(-c2cccc(-c3cccc(-c4ccn5c(=O)c(CNC[C@H]6CCC(=O)N6)cnc5c4)c3Cl)c2Cl)ccc1CNC[C@H]1CCC(=O)N1. The number of carbonyl (C=O) groups excluding carboxylic acids is 2. The van der Waals surface area contributed by atoms with Gasteiger partial charge in [0.2, 0.25) is 11.8 Å². The number of rotatable bonds is 12. The molecule has 4 N–H and O–H groups in total. The molecule has 262 valence electrons. The van der Waals surface area contributed by atoms with Gasteiger partial charge < -0.3 is 21.3 Å². The topological polar surface area (TPSA) is 130 Å². The second-order valence-corrected chi connectivity index (χ2v) is 14.4. The summed E-state index contributed by atoms with van der Waals surface area (Å²) in [5, 5.41) is 14.6. The van der Waals surface area contributed by atoms with Crippen molar-refractivity contribution in [2.24, 2.45) is 0 Å². The van der Waals surface area contributed by atoms with Crippen LogP contribution in [-0.4, -0.2) is 57.6 Å². The van der Waals surface area contributed by atoms with E-state index in [2.05, 4.69) is 32.3 Å². The van der Waals surface area contributed by atoms with Crippen LogP contribution in [0.1, 0.15) is 36.8 Å². The van der Waals surface area contributed by atoms with Gasteiger partial charge in [-0.2, -0.15) is 0 Å². The number of aromatic nitrogens is 3. The lowest BCUT2D eigenvalue weighted by Gasteiger charge is -2.16. The number of thioether (sulfide) groups is 1. The monoisotopic (exact) mass is 741 g/mol. The van der Waals surface area contributed by atoms with E-state index < -0.39 is 0 Å². The van der Waals surface area contributed by atoms with Crippen LogP contribution < -0.4 is 26.8 Å². The van der Waals surface area contributed by atoms with Crippen molar-refractivity contribution in [1.29, 1.82) is 0 Å². The minimum Gasteiger partial charge on any atom is -0.352 e. The minimum atomic E-state index is -0.153. The molecule has 2 aliphatic heterocycles. The first-order valence-corrected chi connectivity index (χ1v) is 18.9. The van der Waals surface area contributed by atoms with E-state index in [0.29, 0.717) is 60.3 Å². The van der Waals surface area contributed by atoms with Gasteiger partial charge in [-0.3, -0.25) is 18.8 Å². The fourth-order valence-corrected chi connectivity index (χ4v) is 7.91. The Morgan fingerprint density at radius 3 is 2.04 bits per heavy atom. The summed E-state index contributed by atoms with van der Waals surface area (Å²) in [5.41, 5.74) is 6.68. The van der Waals surface area contributed by atoms with E-state index in [0.717, 1.165) is 56.9 Å². The first kappa shape index (κ1) is 35.2. The Kier molecular flexibility index (Phi) is 10.7. The Labute approximate surface area is 309 Å². The standard InChI is InChI=1S/C38H37Cl2N7O3S/c1-51-37-23(17-41-20-25-9-12-33(48)44-25)8-11-31(46-37)30-7-3-6-29(36(30)40)28-5-2-4-27(35(28)39)22-14-15-47-32(16-22)43-19-24(38(47)50)18-42-21-26-10-13-34(49)45-26/h2-8,11,14-16,19,25-26,41-42H,9-10,12-13,17-18,20-21H2,1H3,(H,44,48)(H,45,49)/t25-,26-/m1/s1. The molecule has 0 radical (unpaired) electrons. The van der Waals surface area contributed by atoms with Crippen LogP contribution in [-0.2, 0) is 22.7 Å². The number of amides is 2. The number of hydrogen-bond donors (Lipinski definition) is 4. The van der Waals surface area contributed by atoms with Gasteiger partial charge in [0.05, 0.1) is 15.7 Å². The van der Waals surface area contributed by atoms with E-state index in [1.165, 1.54) is 4.40 Å². The summed E-state index contributed by atoms with van der Waals surface area (Å²) in [6, 6.07) is 19.7. The fourth-order valence-electron chi connectivity index (χ4n) is 6.66. The van der Waals surface area contributed by atoms with E-state index in [9.17, 15) is 14.4 Å². The van der Waals surface area contributed by atoms with Crippen LogP contribution in [0.15, 0.2) is 82.9 Å². The number of hydrogen-bond acceptors (Lipinski definition) is 8. The van der Waals surface area contributed by atoms with Gasteiger partial charge in [-0.25, -0.2) is 9.97 Å². The molecule has 0 saturated carbocycles. The molecule has 7 rings (SSSR count). The van der Waals surface area contributed by atoms with Gasteiger partial charge in [0, 0.05) is 91.3 Å². The van der Waals surface area contributed by atoms with Crippen LogP contribution in [0.4, 0.5) is 0 Å². The molecule has 5 aromatic rings. The van der Waals surface area contributed by atoms with E-state index in [1.807, 2.05) is 60.9 Å². The molecule has 3 aromatic heterocycles. The number of carbonyl (C=O) groups is 2. The summed E-state index contributed by atoms with van der Waals surface area (Å²) in [7, 11) is 0. The van der Waals surface area contributed by atoms with Crippen LogP contribution in [0, 0.1) is 0 Å². The van der Waals surface area contributed by atoms with Gasteiger partial charge in [0.15, 0.2) is 0 Å². The van der Waals surface area contributed by atoms with Gasteiger partial charge in [0.25, 0.3) is 5.56 Å². The number of nitrogens with zero attached hydrogens (tertiary/aromatic N) is 3. The molecule has 5 heterocycles. The van der Waals surface area contributed by atoms with Crippen LogP contribution in [0.25, 0.3) is 39.2 Å². The Bertz CT molecular complexity index is 2190. The molecular formula is C38H37Cl2N7O3S. The van der Waals surface area contributed by atoms with Gasteiger partial charge in [-0.05, 0) is 48.4 Å². The molecule has 0 aliphatic carbocycles. The molecular weight excluding hydrogens is 705 g/mol. The highest BCUT2D eigenvalue weighted by molar-refractivity contribution is 7.98. The second-order valence-electron chi connectivity index (χ2n) is 12.8. The third kappa shape index (κ3) is 7.68. The predicted molar refractivity (Wildman–Crippen MR) is 203 cm³/mol. The van der Waals surface area contributed by atoms with Crippen molar-refractivity contribution in [1.82, 2.24) is 35.6 Å². The molecule has 2 saturated heterocycles. The van der Waals surface area contributed by atoms with E-state index in [4.69, 9.17) is 28.2 Å². The molecule has 2 fully saturated rings. The maximum atomic E-state index is 13.3. The lowest BCUT2D eigenvalue weighted by Crippen LogP contribution is -2.36. The Balaban J connectivity index is 1.10. The first-order chi connectivity index (χ1) is 24.8. The summed E-state index contributed by atoms with van der Waals surface area (Å²) in [6.07, 6.45) is 8.09. The van der Waals surface area contributed by atoms with Crippen molar-refractivity contribution >= 4 is 52.4 Å². The molecule has 2 atom stereocenters. The van der Waals surface area contributed by atoms with Crippen molar-refractivity contribution in [3.63, 3.8) is 0 Å². The highest BCUT2D eigenvalue weighted by atomic mass is 35.5. The quantitative estimate of drug-likeness (QED) is 0.117. The average molecular weight is 743 g/mol. The van der Waals surface area contributed by atoms with Crippen LogP contribution in [0.5, 0.6) is 0 Å². The minimum absolute atomic E-state index is 0.0642. The molecule has 51 heavy (non-hydrogen) atoms. The number of nitrogens with one attached hydrogen (secondary N) is 4. The Morgan fingerprint density at radius 2 is 1.41 bits per heavy atom. The third-order valence-electron chi connectivity index (χ3n) is 9.37. The van der Waals surface area contributed by atoms with Crippen LogP contribution >= 0.6 is 35.0 Å². The predicted octanol–water partition coefficient (Wildman–Crippen LogP) is 5.86. The molecule has 13 heteroatoms. The van der Waals surface area contributed by atoms with E-state index >= 15 is 0 Å². The van der Waals surface area contributed by atoms with Gasteiger partial charge in [0.1, 0.15) is 10.7 Å². The summed E-state index contributed by atoms with van der Waals surface area (Å²) in [5.74, 6) is 0.177. The highest BCUT2D eigenvalue weighted by Crippen LogP contribution is 2.42. The van der Waals surface area contributed by atoms with E-state index in [1.54, 1.807) is 24.2 Å². The average Bonchev–Trinajstić information content (AvgIpc) is 3.76. The zero-order chi connectivity index (χ0) is 35.5. The number of fused-ring (bicyclic) bond motifs is 1. The third-order valence-corrected chi connectivity index (χ3v) is 10.9. The van der Waals surface area contributed by atoms with Crippen molar-refractivity contribution < 1.29 is 9.59 Å². The van der Waals surface area contributed by atoms with Crippen molar-refractivity contribution in [3.8, 4) is 33.5 Å². The zero-order valence-corrected chi connectivity index (χ0v) is 30.3. The molecule has 0 bridgehead atoms. The molecule has 0 spiro atoms.